The normalized spacial score (nSPS) is 10.3. The third-order valence-corrected chi connectivity index (χ3v) is 2.68. The second kappa shape index (κ2) is 9.81. The first-order valence-electron chi connectivity index (χ1n) is 6.17. The topological polar surface area (TPSA) is 45.5 Å². The van der Waals surface area contributed by atoms with Gasteiger partial charge in [0.1, 0.15) is 5.75 Å². The van der Waals surface area contributed by atoms with E-state index < -0.39 is 0 Å². The van der Waals surface area contributed by atoms with Gasteiger partial charge in [-0.25, -0.2) is 0 Å². The molecule has 0 amide bonds. The molecule has 0 saturated heterocycles. The summed E-state index contributed by atoms with van der Waals surface area (Å²) in [6.45, 7) is 4.41. The summed E-state index contributed by atoms with van der Waals surface area (Å²) in [6, 6.07) is 9.61. The summed E-state index contributed by atoms with van der Waals surface area (Å²) in [6.07, 6.45) is 3.45. The van der Waals surface area contributed by atoms with Crippen LogP contribution < -0.4 is 0 Å². The number of hydrogen-bond acceptors (Lipinski definition) is 3. The first-order chi connectivity index (χ1) is 10.1. The van der Waals surface area contributed by atoms with Crippen molar-refractivity contribution in [1.82, 2.24) is 4.98 Å². The summed E-state index contributed by atoms with van der Waals surface area (Å²) in [5.41, 5.74) is 3.65. The maximum absolute atomic E-state index is 9.91. The van der Waals surface area contributed by atoms with E-state index in [1.54, 1.807) is 12.4 Å². The van der Waals surface area contributed by atoms with Crippen LogP contribution in [0.3, 0.4) is 0 Å². The van der Waals surface area contributed by atoms with Crippen molar-refractivity contribution in [3.63, 3.8) is 0 Å². The minimum absolute atomic E-state index is 0.181. The van der Waals surface area contributed by atoms with Crippen molar-refractivity contribution < 1.29 is 18.5 Å². The zero-order valence-electron chi connectivity index (χ0n) is 11.8. The zero-order chi connectivity index (χ0) is 15.7. The van der Waals surface area contributed by atoms with E-state index in [4.69, 9.17) is 20.1 Å². The van der Waals surface area contributed by atoms with E-state index in [0.29, 0.717) is 12.3 Å². The monoisotopic (exact) mass is 362 g/mol. The number of hydrogen-bond donors (Lipinski definition) is 1. The second-order valence-electron chi connectivity index (χ2n) is 4.37. The van der Waals surface area contributed by atoms with E-state index in [0.717, 1.165) is 22.4 Å². The molecule has 0 fully saturated rings. The summed E-state index contributed by atoms with van der Waals surface area (Å²) in [5, 5.41) is 9.91. The van der Waals surface area contributed by atoms with Gasteiger partial charge in [-0.3, -0.25) is 9.98 Å². The van der Waals surface area contributed by atoms with Crippen LogP contribution in [0.5, 0.6) is 5.75 Å². The number of aryl methyl sites for hydroxylation is 2. The Morgan fingerprint density at radius 1 is 1.29 bits per heavy atom. The van der Waals surface area contributed by atoms with Crippen molar-refractivity contribution >= 4 is 26.3 Å². The molecule has 112 valence electrons. The van der Waals surface area contributed by atoms with Gasteiger partial charge in [-0.05, 0) is 43.2 Å². The number of aliphatic imine (C=N–C) groups is 1. The average molecular weight is 363 g/mol. The summed E-state index contributed by atoms with van der Waals surface area (Å²) in [7, 11) is 9.65. The molecule has 0 bridgehead atoms. The number of pyridine rings is 1. The number of phenolic OH excluding ortho intramolecular Hbond substituents is 1. The van der Waals surface area contributed by atoms with Crippen LogP contribution in [0, 0.1) is 13.8 Å². The number of halogens is 2. The van der Waals surface area contributed by atoms with Gasteiger partial charge in [0.25, 0.3) is 0 Å². The van der Waals surface area contributed by atoms with Crippen molar-refractivity contribution in [1.29, 1.82) is 0 Å². The average Bonchev–Trinajstić information content (AvgIpc) is 2.46. The van der Waals surface area contributed by atoms with Gasteiger partial charge in [-0.15, -0.1) is 0 Å². The molecule has 0 aliphatic rings. The van der Waals surface area contributed by atoms with Crippen LogP contribution in [-0.4, -0.2) is 16.3 Å². The van der Waals surface area contributed by atoms with E-state index >= 15 is 0 Å². The van der Waals surface area contributed by atoms with Crippen LogP contribution in [0.15, 0.2) is 41.5 Å². The fourth-order valence-electron chi connectivity index (χ4n) is 1.82. The summed E-state index contributed by atoms with van der Waals surface area (Å²) in [5.74, 6) is 0.297. The van der Waals surface area contributed by atoms with Crippen LogP contribution in [0.4, 0.5) is 0 Å². The third-order valence-electron chi connectivity index (χ3n) is 2.68. The van der Waals surface area contributed by atoms with E-state index in [1.165, 1.54) is 0 Å². The molecule has 0 spiro atoms. The van der Waals surface area contributed by atoms with Crippen LogP contribution in [0.1, 0.15) is 22.4 Å². The second-order valence-corrected chi connectivity index (χ2v) is 6.47. The Hall–Kier alpha value is -1.05. The Bertz CT molecular complexity index is 592. The number of benzene rings is 1. The molecular formula is C15H16Cl2CrN2O. The number of phenols is 1. The van der Waals surface area contributed by atoms with E-state index in [1.807, 2.05) is 44.2 Å². The molecule has 1 heterocycles. The third kappa shape index (κ3) is 6.50. The Morgan fingerprint density at radius 2 is 2.00 bits per heavy atom. The fraction of sp³-hybridized carbons (Fsp3) is 0.200. The molecule has 21 heavy (non-hydrogen) atoms. The summed E-state index contributed by atoms with van der Waals surface area (Å²) < 4.78 is 0. The van der Waals surface area contributed by atoms with Gasteiger partial charge in [-0.2, -0.15) is 0 Å². The minimum atomic E-state index is -0.181. The first-order valence-corrected chi connectivity index (χ1v) is 9.68. The van der Waals surface area contributed by atoms with Gasteiger partial charge in [0.2, 0.25) is 0 Å². The van der Waals surface area contributed by atoms with Crippen LogP contribution >= 0.6 is 20.1 Å². The molecule has 0 radical (unpaired) electrons. The van der Waals surface area contributed by atoms with E-state index in [9.17, 15) is 5.11 Å². The Kier molecular flexibility index (Phi) is 8.41. The molecule has 2 aromatic rings. The Morgan fingerprint density at radius 3 is 2.62 bits per heavy atom. The SMILES string of the molecule is Cc1cc(C)c(O)c(C=NCc2ccccn2)c1.[Cl][Cr][Cl]. The van der Waals surface area contributed by atoms with Crippen molar-refractivity contribution in [2.45, 2.75) is 20.4 Å². The molecule has 0 atom stereocenters. The molecule has 0 saturated carbocycles. The van der Waals surface area contributed by atoms with Gasteiger partial charge in [0.05, 0.1) is 12.2 Å². The van der Waals surface area contributed by atoms with Gasteiger partial charge < -0.3 is 5.11 Å². The van der Waals surface area contributed by atoms with Gasteiger partial charge >= 0.3 is 33.5 Å². The zero-order valence-corrected chi connectivity index (χ0v) is 14.5. The number of aromatic nitrogens is 1. The number of aromatic hydroxyl groups is 1. The molecule has 3 nitrogen and oxygen atoms in total. The van der Waals surface area contributed by atoms with Gasteiger partial charge in [0, 0.05) is 18.0 Å². The molecule has 1 aromatic heterocycles. The summed E-state index contributed by atoms with van der Waals surface area (Å²) >= 11 is -0.181. The number of nitrogens with zero attached hydrogens (tertiary/aromatic N) is 2. The van der Waals surface area contributed by atoms with Crippen LogP contribution in [0.25, 0.3) is 0 Å². The fourth-order valence-corrected chi connectivity index (χ4v) is 1.82. The predicted octanol–water partition coefficient (Wildman–Crippen LogP) is 4.40. The molecular weight excluding hydrogens is 347 g/mol. The van der Waals surface area contributed by atoms with E-state index in [-0.39, 0.29) is 13.4 Å². The summed E-state index contributed by atoms with van der Waals surface area (Å²) in [4.78, 5) is 8.50. The molecule has 1 aromatic carbocycles. The molecule has 0 unspecified atom stereocenters. The Balaban J connectivity index is 0.000000677. The van der Waals surface area contributed by atoms with Crippen LogP contribution in [0.2, 0.25) is 0 Å². The molecule has 6 heteroatoms. The molecule has 0 aliphatic heterocycles. The molecule has 0 aliphatic carbocycles. The first kappa shape index (κ1) is 18.0. The molecule has 2 rings (SSSR count). The standard InChI is InChI=1S/C15H16N2O.2ClH.Cr/c1-11-7-12(2)15(18)13(8-11)9-16-10-14-5-3-4-6-17-14;;;/h3-9,18H,10H2,1-2H3;2*1H;/q;;;+2/p-2. The predicted molar refractivity (Wildman–Crippen MR) is 84.8 cm³/mol. The van der Waals surface area contributed by atoms with Crippen molar-refractivity contribution in [3.05, 3.63) is 58.9 Å². The van der Waals surface area contributed by atoms with Crippen molar-refractivity contribution in [3.8, 4) is 5.75 Å². The maximum atomic E-state index is 9.91. The van der Waals surface area contributed by atoms with Gasteiger partial charge in [-0.1, -0.05) is 12.1 Å². The van der Waals surface area contributed by atoms with E-state index in [2.05, 4.69) is 9.98 Å². The van der Waals surface area contributed by atoms with Crippen molar-refractivity contribution in [2.24, 2.45) is 4.99 Å². The van der Waals surface area contributed by atoms with Gasteiger partial charge in [0.15, 0.2) is 0 Å². The van der Waals surface area contributed by atoms with Crippen molar-refractivity contribution in [2.75, 3.05) is 0 Å². The Labute approximate surface area is 139 Å². The molecule has 1 N–H and O–H groups in total. The number of rotatable bonds is 3. The van der Waals surface area contributed by atoms with Crippen LogP contribution in [-0.2, 0) is 19.9 Å². The quantitative estimate of drug-likeness (QED) is 0.822.